The van der Waals surface area contributed by atoms with Gasteiger partial charge in [0, 0.05) is 35.4 Å². The lowest BCUT2D eigenvalue weighted by Gasteiger charge is -2.33. The Hall–Kier alpha value is -2.62. The first kappa shape index (κ1) is 24.1. The van der Waals surface area contributed by atoms with Gasteiger partial charge < -0.3 is 14.7 Å². The van der Waals surface area contributed by atoms with Crippen LogP contribution < -0.4 is 15.1 Å². The lowest BCUT2D eigenvalue weighted by molar-refractivity contribution is -0.678. The average Bonchev–Trinajstić information content (AvgIpc) is 3.23. The summed E-state index contributed by atoms with van der Waals surface area (Å²) in [7, 11) is 0. The second-order valence-corrected chi connectivity index (χ2v) is 10.0. The van der Waals surface area contributed by atoms with E-state index < -0.39 is 18.1 Å². The molecule has 0 bridgehead atoms. The normalized spacial score (nSPS) is 26.3. The molecule has 2 atom stereocenters. The molecule has 1 aliphatic carbocycles. The van der Waals surface area contributed by atoms with Gasteiger partial charge in [-0.2, -0.15) is 0 Å². The standard InChI is InChI=1S/C24H26Cl2FN4O4/c25-14-1-8-22-18(11-14)21(32)13-23(35-22)31(34)28-15-2-4-16(5-3-15)29-9-10-30(24(29)33)17-6-7-19(26)20(27)12-17/h1,6-8,11-12,15-16,21,23,32H,2-5,9-10,13H2,(H,28,34)/q+1/t15?,16?,21-,23-/m1/s1. The van der Waals surface area contributed by atoms with Crippen LogP contribution in [-0.2, 0) is 0 Å². The summed E-state index contributed by atoms with van der Waals surface area (Å²) in [5, 5.41) is 10.9. The van der Waals surface area contributed by atoms with Crippen molar-refractivity contribution in [2.24, 2.45) is 0 Å². The highest BCUT2D eigenvalue weighted by Gasteiger charge is 2.41. The molecule has 1 saturated carbocycles. The predicted octanol–water partition coefficient (Wildman–Crippen LogP) is 4.81. The number of carbonyl (C=O) groups excluding carboxylic acids is 1. The van der Waals surface area contributed by atoms with E-state index in [0.29, 0.717) is 52.8 Å². The molecule has 2 heterocycles. The molecular formula is C24H26Cl2FN4O4+. The summed E-state index contributed by atoms with van der Waals surface area (Å²) in [5.41, 5.74) is 4.04. The Morgan fingerprint density at radius 3 is 2.60 bits per heavy atom. The minimum absolute atomic E-state index is 0.0252. The molecule has 2 fully saturated rings. The van der Waals surface area contributed by atoms with Crippen molar-refractivity contribution < 1.29 is 23.9 Å². The maximum atomic E-state index is 13.9. The summed E-state index contributed by atoms with van der Waals surface area (Å²) in [6, 6.07) is 9.20. The number of hydrogen-bond donors (Lipinski definition) is 2. The molecule has 3 aliphatic rings. The summed E-state index contributed by atoms with van der Waals surface area (Å²) >= 11 is 11.8. The summed E-state index contributed by atoms with van der Waals surface area (Å²) in [4.78, 5) is 29.8. The van der Waals surface area contributed by atoms with Gasteiger partial charge in [-0.25, -0.2) is 9.18 Å². The fraction of sp³-hybridized carbons (Fsp3) is 0.458. The molecule has 1 saturated heterocycles. The number of rotatable bonds is 5. The Bertz CT molecular complexity index is 1140. The zero-order valence-electron chi connectivity index (χ0n) is 18.9. The molecule has 2 aromatic rings. The highest BCUT2D eigenvalue weighted by atomic mass is 35.5. The monoisotopic (exact) mass is 523 g/mol. The van der Waals surface area contributed by atoms with E-state index in [1.54, 1.807) is 29.2 Å². The Kier molecular flexibility index (Phi) is 6.74. The fourth-order valence-corrected chi connectivity index (χ4v) is 5.41. The van der Waals surface area contributed by atoms with E-state index in [1.807, 2.05) is 4.90 Å². The van der Waals surface area contributed by atoms with Gasteiger partial charge in [0.15, 0.2) is 4.87 Å². The zero-order valence-corrected chi connectivity index (χ0v) is 20.4. The molecule has 5 rings (SSSR count). The number of anilines is 1. The lowest BCUT2D eigenvalue weighted by Crippen LogP contribution is -2.49. The van der Waals surface area contributed by atoms with Crippen LogP contribution >= 0.6 is 23.2 Å². The molecule has 186 valence electrons. The number of aliphatic hydroxyl groups excluding tert-OH is 1. The number of nitroso groups, excluding NO2 is 1. The van der Waals surface area contributed by atoms with Crippen LogP contribution in [0.4, 0.5) is 14.9 Å². The van der Waals surface area contributed by atoms with Crippen LogP contribution in [-0.4, -0.2) is 52.3 Å². The third-order valence-corrected chi connectivity index (χ3v) is 7.53. The number of fused-ring (bicyclic) bond motifs is 1. The van der Waals surface area contributed by atoms with Crippen LogP contribution in [0.25, 0.3) is 0 Å². The topological polar surface area (TPSA) is 85.1 Å². The zero-order chi connectivity index (χ0) is 24.7. The number of carbonyl (C=O) groups is 1. The van der Waals surface area contributed by atoms with E-state index in [-0.39, 0.29) is 29.6 Å². The Morgan fingerprint density at radius 1 is 1.09 bits per heavy atom. The van der Waals surface area contributed by atoms with Gasteiger partial charge in [0.25, 0.3) is 0 Å². The minimum atomic E-state index is -0.857. The third kappa shape index (κ3) is 4.90. The second kappa shape index (κ2) is 9.79. The van der Waals surface area contributed by atoms with Crippen molar-refractivity contribution in [3.63, 3.8) is 0 Å². The van der Waals surface area contributed by atoms with Gasteiger partial charge in [-0.1, -0.05) is 23.2 Å². The number of nitrogens with zero attached hydrogens (tertiary/aromatic N) is 3. The molecule has 0 spiro atoms. The second-order valence-electron chi connectivity index (χ2n) is 9.19. The van der Waals surface area contributed by atoms with Crippen molar-refractivity contribution in [1.82, 2.24) is 10.3 Å². The van der Waals surface area contributed by atoms with Crippen LogP contribution in [0.15, 0.2) is 36.4 Å². The van der Waals surface area contributed by atoms with E-state index >= 15 is 0 Å². The summed E-state index contributed by atoms with van der Waals surface area (Å²) in [5.74, 6) is -0.104. The van der Waals surface area contributed by atoms with Crippen LogP contribution in [0.2, 0.25) is 10.0 Å². The Morgan fingerprint density at radius 2 is 1.86 bits per heavy atom. The maximum absolute atomic E-state index is 13.9. The van der Waals surface area contributed by atoms with Gasteiger partial charge in [0.1, 0.15) is 11.6 Å². The van der Waals surface area contributed by atoms with Gasteiger partial charge >= 0.3 is 12.3 Å². The van der Waals surface area contributed by atoms with Gasteiger partial charge in [-0.15, -0.1) is 5.43 Å². The number of halogens is 3. The molecule has 2 aliphatic heterocycles. The molecule has 11 heteroatoms. The van der Waals surface area contributed by atoms with Crippen molar-refractivity contribution in [2.75, 3.05) is 18.0 Å². The Balaban J connectivity index is 1.14. The SMILES string of the molecule is O=C1N(c2ccc(Cl)c(F)c2)CCN1C1CCC(N[N+](=O)[C@H]2C[C@@H](O)c3cc(Cl)ccc3O2)CC1. The van der Waals surface area contributed by atoms with Crippen molar-refractivity contribution in [1.29, 1.82) is 0 Å². The van der Waals surface area contributed by atoms with E-state index in [4.69, 9.17) is 27.9 Å². The first-order valence-electron chi connectivity index (χ1n) is 11.7. The van der Waals surface area contributed by atoms with Crippen LogP contribution in [0, 0.1) is 10.7 Å². The molecule has 2 aromatic carbocycles. The molecule has 0 radical (unpaired) electrons. The van der Waals surface area contributed by atoms with Crippen LogP contribution in [0.3, 0.4) is 0 Å². The van der Waals surface area contributed by atoms with Gasteiger partial charge in [0.2, 0.25) is 0 Å². The van der Waals surface area contributed by atoms with Crippen molar-refractivity contribution in [3.05, 3.63) is 62.7 Å². The number of ether oxygens (including phenoxy) is 1. The molecule has 0 unspecified atom stereocenters. The predicted molar refractivity (Wildman–Crippen MR) is 129 cm³/mol. The molecule has 2 amide bonds. The number of amides is 2. The number of hydrogen-bond acceptors (Lipinski definition) is 4. The van der Waals surface area contributed by atoms with Gasteiger partial charge in [-0.05, 0) is 62.1 Å². The van der Waals surface area contributed by atoms with Gasteiger partial charge in [-0.3, -0.25) is 4.90 Å². The maximum Gasteiger partial charge on any atom is 0.376 e. The Labute approximate surface area is 212 Å². The van der Waals surface area contributed by atoms with Crippen molar-refractivity contribution >= 4 is 34.9 Å². The molecule has 35 heavy (non-hydrogen) atoms. The summed E-state index contributed by atoms with van der Waals surface area (Å²) in [6.07, 6.45) is 1.35. The van der Waals surface area contributed by atoms with E-state index in [1.165, 1.54) is 12.1 Å². The summed E-state index contributed by atoms with van der Waals surface area (Å²) in [6.45, 7) is 1.05. The van der Waals surface area contributed by atoms with Gasteiger partial charge in [0.05, 0.1) is 28.5 Å². The van der Waals surface area contributed by atoms with E-state index in [2.05, 4.69) is 5.43 Å². The lowest BCUT2D eigenvalue weighted by atomic mass is 9.90. The van der Waals surface area contributed by atoms with Crippen molar-refractivity contribution in [3.8, 4) is 5.75 Å². The van der Waals surface area contributed by atoms with E-state index in [0.717, 1.165) is 12.8 Å². The fourth-order valence-electron chi connectivity index (χ4n) is 5.11. The van der Waals surface area contributed by atoms with Crippen molar-refractivity contribution in [2.45, 2.75) is 56.5 Å². The molecular weight excluding hydrogens is 498 g/mol. The molecule has 8 nitrogen and oxygen atoms in total. The van der Waals surface area contributed by atoms with E-state index in [9.17, 15) is 19.2 Å². The quantitative estimate of drug-likeness (QED) is 0.433. The number of nitrogens with one attached hydrogen (secondary N) is 1. The summed E-state index contributed by atoms with van der Waals surface area (Å²) < 4.78 is 19.6. The first-order valence-corrected chi connectivity index (χ1v) is 12.5. The smallest absolute Gasteiger partial charge is 0.376 e. The molecule has 2 N–H and O–H groups in total. The van der Waals surface area contributed by atoms with Crippen LogP contribution in [0.1, 0.15) is 43.8 Å². The number of hydrazine groups is 1. The highest BCUT2D eigenvalue weighted by molar-refractivity contribution is 6.31. The number of urea groups is 1. The first-order chi connectivity index (χ1) is 16.8. The molecule has 0 aromatic heterocycles. The largest absolute Gasteiger partial charge is 0.428 e. The highest BCUT2D eigenvalue weighted by Crippen LogP contribution is 2.37. The third-order valence-electron chi connectivity index (χ3n) is 6.98. The number of aliphatic hydroxyl groups is 1. The number of benzene rings is 2. The average molecular weight is 524 g/mol. The minimum Gasteiger partial charge on any atom is -0.428 e. The van der Waals surface area contributed by atoms with Crippen LogP contribution in [0.5, 0.6) is 5.75 Å².